The van der Waals surface area contributed by atoms with Crippen molar-refractivity contribution < 1.29 is 4.74 Å². The van der Waals surface area contributed by atoms with E-state index in [1.807, 2.05) is 12.2 Å². The average Bonchev–Trinajstić information content (AvgIpc) is 2.75. The van der Waals surface area contributed by atoms with E-state index in [0.29, 0.717) is 12.7 Å². The predicted octanol–water partition coefficient (Wildman–Crippen LogP) is 2.44. The fourth-order valence-corrected chi connectivity index (χ4v) is 1.56. The SMILES string of the molecule is C=C/C=C(\C=C/CC)COC1CCNC1. The second kappa shape index (κ2) is 7.43. The second-order valence-electron chi connectivity index (χ2n) is 3.71. The molecule has 1 fully saturated rings. The van der Waals surface area contributed by atoms with Crippen LogP contribution in [0.25, 0.3) is 0 Å². The van der Waals surface area contributed by atoms with Crippen molar-refractivity contribution in [3.63, 3.8) is 0 Å². The minimum Gasteiger partial charge on any atom is -0.372 e. The molecule has 0 aromatic heterocycles. The van der Waals surface area contributed by atoms with Gasteiger partial charge in [-0.2, -0.15) is 0 Å². The van der Waals surface area contributed by atoms with Gasteiger partial charge in [0.2, 0.25) is 0 Å². The van der Waals surface area contributed by atoms with E-state index >= 15 is 0 Å². The molecule has 1 aliphatic heterocycles. The second-order valence-corrected chi connectivity index (χ2v) is 3.71. The summed E-state index contributed by atoms with van der Waals surface area (Å²) in [5, 5.41) is 3.29. The summed E-state index contributed by atoms with van der Waals surface area (Å²) >= 11 is 0. The number of allylic oxidation sites excluding steroid dienone is 3. The first-order valence-electron chi connectivity index (χ1n) is 5.67. The highest BCUT2D eigenvalue weighted by molar-refractivity contribution is 5.23. The van der Waals surface area contributed by atoms with Crippen LogP contribution in [-0.4, -0.2) is 25.8 Å². The molecule has 1 saturated heterocycles. The zero-order valence-corrected chi connectivity index (χ0v) is 9.54. The molecule has 15 heavy (non-hydrogen) atoms. The van der Waals surface area contributed by atoms with Crippen LogP contribution in [0.2, 0.25) is 0 Å². The smallest absolute Gasteiger partial charge is 0.0721 e. The van der Waals surface area contributed by atoms with Gasteiger partial charge in [-0.25, -0.2) is 0 Å². The molecule has 2 nitrogen and oxygen atoms in total. The molecule has 0 aromatic carbocycles. The molecule has 84 valence electrons. The Kier molecular flexibility index (Phi) is 6.05. The molecular weight excluding hydrogens is 186 g/mol. The topological polar surface area (TPSA) is 21.3 Å². The number of nitrogens with one attached hydrogen (secondary N) is 1. The maximum Gasteiger partial charge on any atom is 0.0721 e. The molecule has 0 radical (unpaired) electrons. The molecule has 1 atom stereocenters. The average molecular weight is 207 g/mol. The van der Waals surface area contributed by atoms with Gasteiger partial charge >= 0.3 is 0 Å². The quantitative estimate of drug-likeness (QED) is 0.675. The van der Waals surface area contributed by atoms with Gasteiger partial charge in [0.25, 0.3) is 0 Å². The molecule has 1 heterocycles. The first-order valence-corrected chi connectivity index (χ1v) is 5.67. The number of hydrogen-bond donors (Lipinski definition) is 1. The number of hydrogen-bond acceptors (Lipinski definition) is 2. The van der Waals surface area contributed by atoms with Crippen LogP contribution in [0.4, 0.5) is 0 Å². The summed E-state index contributed by atoms with van der Waals surface area (Å²) in [7, 11) is 0. The Hall–Kier alpha value is -0.860. The normalized spacial score (nSPS) is 22.5. The van der Waals surface area contributed by atoms with Crippen LogP contribution in [0.15, 0.2) is 36.5 Å². The van der Waals surface area contributed by atoms with E-state index in [1.165, 1.54) is 5.57 Å². The van der Waals surface area contributed by atoms with Gasteiger partial charge in [0.05, 0.1) is 12.7 Å². The van der Waals surface area contributed by atoms with Crippen LogP contribution in [-0.2, 0) is 4.74 Å². The molecule has 1 unspecified atom stereocenters. The molecule has 1 rings (SSSR count). The fourth-order valence-electron chi connectivity index (χ4n) is 1.56. The number of rotatable bonds is 6. The Morgan fingerprint density at radius 3 is 3.07 bits per heavy atom. The molecule has 0 spiro atoms. The van der Waals surface area contributed by atoms with E-state index in [1.54, 1.807) is 0 Å². The molecule has 0 bridgehead atoms. The summed E-state index contributed by atoms with van der Waals surface area (Å²) in [4.78, 5) is 0. The Morgan fingerprint density at radius 2 is 2.47 bits per heavy atom. The van der Waals surface area contributed by atoms with E-state index in [-0.39, 0.29) is 0 Å². The highest BCUT2D eigenvalue weighted by Gasteiger charge is 2.14. The van der Waals surface area contributed by atoms with Crippen molar-refractivity contribution in [1.82, 2.24) is 5.32 Å². The van der Waals surface area contributed by atoms with Crippen molar-refractivity contribution in [1.29, 1.82) is 0 Å². The van der Waals surface area contributed by atoms with Gasteiger partial charge in [-0.15, -0.1) is 0 Å². The minimum atomic E-state index is 0.383. The largest absolute Gasteiger partial charge is 0.372 e. The molecule has 2 heteroatoms. The monoisotopic (exact) mass is 207 g/mol. The van der Waals surface area contributed by atoms with Crippen LogP contribution in [0.5, 0.6) is 0 Å². The van der Waals surface area contributed by atoms with Crippen LogP contribution >= 0.6 is 0 Å². The van der Waals surface area contributed by atoms with E-state index in [4.69, 9.17) is 4.74 Å². The van der Waals surface area contributed by atoms with Crippen molar-refractivity contribution in [3.8, 4) is 0 Å². The highest BCUT2D eigenvalue weighted by atomic mass is 16.5. The van der Waals surface area contributed by atoms with Gasteiger partial charge in [0.15, 0.2) is 0 Å². The molecule has 0 aromatic rings. The maximum absolute atomic E-state index is 5.78. The number of ether oxygens (including phenoxy) is 1. The zero-order valence-electron chi connectivity index (χ0n) is 9.54. The summed E-state index contributed by atoms with van der Waals surface area (Å²) < 4.78 is 5.78. The summed E-state index contributed by atoms with van der Waals surface area (Å²) in [5.74, 6) is 0. The van der Waals surface area contributed by atoms with Crippen molar-refractivity contribution in [2.24, 2.45) is 0 Å². The Bertz CT molecular complexity index is 237. The van der Waals surface area contributed by atoms with E-state index in [9.17, 15) is 0 Å². The van der Waals surface area contributed by atoms with Gasteiger partial charge in [-0.1, -0.05) is 37.8 Å². The first-order chi connectivity index (χ1) is 7.36. The van der Waals surface area contributed by atoms with E-state index < -0.39 is 0 Å². The van der Waals surface area contributed by atoms with Crippen LogP contribution in [0.3, 0.4) is 0 Å². The van der Waals surface area contributed by atoms with Crippen molar-refractivity contribution in [2.75, 3.05) is 19.7 Å². The van der Waals surface area contributed by atoms with Gasteiger partial charge in [-0.05, 0) is 25.0 Å². The van der Waals surface area contributed by atoms with Crippen LogP contribution < -0.4 is 5.32 Å². The molecule has 1 N–H and O–H groups in total. The van der Waals surface area contributed by atoms with Crippen molar-refractivity contribution in [2.45, 2.75) is 25.9 Å². The lowest BCUT2D eigenvalue weighted by Gasteiger charge is -2.10. The van der Waals surface area contributed by atoms with Gasteiger partial charge in [-0.3, -0.25) is 0 Å². The third-order valence-electron chi connectivity index (χ3n) is 2.40. The maximum atomic E-state index is 5.78. The van der Waals surface area contributed by atoms with Crippen LogP contribution in [0, 0.1) is 0 Å². The molecule has 1 aliphatic rings. The molecular formula is C13H21NO. The lowest BCUT2D eigenvalue weighted by atomic mass is 10.2. The highest BCUT2D eigenvalue weighted by Crippen LogP contribution is 2.07. The Morgan fingerprint density at radius 1 is 1.60 bits per heavy atom. The third kappa shape index (κ3) is 4.96. The fraction of sp³-hybridized carbons (Fsp3) is 0.538. The summed E-state index contributed by atoms with van der Waals surface area (Å²) in [6.45, 7) is 8.59. The van der Waals surface area contributed by atoms with E-state index in [2.05, 4.69) is 31.0 Å². The standard InChI is InChI=1S/C13H21NO/c1-3-5-7-12(6-4-2)11-15-13-8-9-14-10-13/h4-7,13-14H,2-3,8-11H2,1H3/b7-5-,12-6+. The predicted molar refractivity (Wildman–Crippen MR) is 64.9 cm³/mol. The lowest BCUT2D eigenvalue weighted by molar-refractivity contribution is 0.0860. The van der Waals surface area contributed by atoms with E-state index in [0.717, 1.165) is 25.9 Å². The van der Waals surface area contributed by atoms with Crippen molar-refractivity contribution in [3.05, 3.63) is 36.5 Å². The molecule has 0 saturated carbocycles. The van der Waals surface area contributed by atoms with Gasteiger partial charge < -0.3 is 10.1 Å². The summed E-state index contributed by atoms with van der Waals surface area (Å²) in [6, 6.07) is 0. The lowest BCUT2D eigenvalue weighted by Crippen LogP contribution is -2.17. The summed E-state index contributed by atoms with van der Waals surface area (Å²) in [6.07, 6.45) is 10.6. The van der Waals surface area contributed by atoms with Crippen molar-refractivity contribution >= 4 is 0 Å². The Labute approximate surface area is 92.7 Å². The van der Waals surface area contributed by atoms with Gasteiger partial charge in [0, 0.05) is 6.54 Å². The Balaban J connectivity index is 2.33. The van der Waals surface area contributed by atoms with Gasteiger partial charge in [0.1, 0.15) is 0 Å². The first kappa shape index (κ1) is 12.2. The van der Waals surface area contributed by atoms with Crippen LogP contribution in [0.1, 0.15) is 19.8 Å². The molecule has 0 amide bonds. The molecule has 0 aliphatic carbocycles. The summed E-state index contributed by atoms with van der Waals surface area (Å²) in [5.41, 5.74) is 1.19. The zero-order chi connectivity index (χ0) is 10.9. The minimum absolute atomic E-state index is 0.383. The third-order valence-corrected chi connectivity index (χ3v) is 2.40.